The van der Waals surface area contributed by atoms with Gasteiger partial charge >= 0.3 is 0 Å². The van der Waals surface area contributed by atoms with Crippen LogP contribution >= 0.6 is 0 Å². The van der Waals surface area contributed by atoms with E-state index < -0.39 is 0 Å². The number of likely N-dealkylation sites (tertiary alicyclic amines) is 1. The van der Waals surface area contributed by atoms with E-state index in [0.29, 0.717) is 6.61 Å². The summed E-state index contributed by atoms with van der Waals surface area (Å²) in [6.45, 7) is 7.92. The van der Waals surface area contributed by atoms with E-state index in [-0.39, 0.29) is 11.9 Å². The molecule has 29 heavy (non-hydrogen) atoms. The maximum Gasteiger partial charge on any atom is 0.220 e. The number of nitrogens with zero attached hydrogens (tertiary/aromatic N) is 4. The van der Waals surface area contributed by atoms with Crippen molar-refractivity contribution in [3.63, 3.8) is 0 Å². The molecule has 2 aromatic rings. The van der Waals surface area contributed by atoms with E-state index in [0.717, 1.165) is 69.1 Å². The third-order valence-electron chi connectivity index (χ3n) is 5.90. The zero-order valence-electron chi connectivity index (χ0n) is 17.4. The molecule has 1 aromatic carbocycles. The van der Waals surface area contributed by atoms with Gasteiger partial charge in [-0.05, 0) is 43.9 Å². The SMILES string of the molecule is CC(=O)N1CCCC[C@@H]1c1ncc2c(n1)CCN(CCOc1cccc(C)c1)C2. The van der Waals surface area contributed by atoms with E-state index in [1.165, 1.54) is 11.1 Å². The lowest BCUT2D eigenvalue weighted by Gasteiger charge is -2.35. The first-order chi connectivity index (χ1) is 14.1. The Hall–Kier alpha value is -2.47. The smallest absolute Gasteiger partial charge is 0.220 e. The van der Waals surface area contributed by atoms with Crippen LogP contribution in [0.3, 0.4) is 0 Å². The molecule has 6 heteroatoms. The third kappa shape index (κ3) is 4.75. The number of hydrogen-bond donors (Lipinski definition) is 0. The molecule has 0 bridgehead atoms. The van der Waals surface area contributed by atoms with Crippen molar-refractivity contribution >= 4 is 5.91 Å². The van der Waals surface area contributed by atoms with Gasteiger partial charge in [0.05, 0.1) is 6.04 Å². The molecule has 1 amide bonds. The van der Waals surface area contributed by atoms with Crippen LogP contribution in [0.5, 0.6) is 5.75 Å². The van der Waals surface area contributed by atoms with Crippen molar-refractivity contribution in [3.8, 4) is 5.75 Å². The average Bonchev–Trinajstić information content (AvgIpc) is 2.73. The molecule has 0 N–H and O–H groups in total. The fraction of sp³-hybridized carbons (Fsp3) is 0.522. The van der Waals surface area contributed by atoms with Gasteiger partial charge in [0.2, 0.25) is 5.91 Å². The molecule has 154 valence electrons. The van der Waals surface area contributed by atoms with Crippen molar-refractivity contribution in [3.05, 3.63) is 53.1 Å². The summed E-state index contributed by atoms with van der Waals surface area (Å²) in [6, 6.07) is 8.20. The summed E-state index contributed by atoms with van der Waals surface area (Å²) in [6.07, 6.45) is 6.05. The topological polar surface area (TPSA) is 58.6 Å². The highest BCUT2D eigenvalue weighted by Crippen LogP contribution is 2.30. The lowest BCUT2D eigenvalue weighted by Crippen LogP contribution is -2.38. The first-order valence-electron chi connectivity index (χ1n) is 10.6. The Morgan fingerprint density at radius 2 is 2.17 bits per heavy atom. The van der Waals surface area contributed by atoms with Crippen LogP contribution in [0, 0.1) is 6.92 Å². The zero-order valence-corrected chi connectivity index (χ0v) is 17.4. The van der Waals surface area contributed by atoms with Gasteiger partial charge in [0.1, 0.15) is 12.4 Å². The number of benzene rings is 1. The molecule has 1 saturated heterocycles. The summed E-state index contributed by atoms with van der Waals surface area (Å²) in [5.41, 5.74) is 3.55. The average molecular weight is 395 g/mol. The van der Waals surface area contributed by atoms with Crippen LogP contribution in [0.25, 0.3) is 0 Å². The van der Waals surface area contributed by atoms with Gasteiger partial charge in [0.15, 0.2) is 5.82 Å². The van der Waals surface area contributed by atoms with Crippen molar-refractivity contribution in [2.45, 2.75) is 52.1 Å². The van der Waals surface area contributed by atoms with Crippen molar-refractivity contribution in [2.75, 3.05) is 26.2 Å². The molecule has 6 nitrogen and oxygen atoms in total. The van der Waals surface area contributed by atoms with Gasteiger partial charge in [-0.3, -0.25) is 9.69 Å². The Bertz CT molecular complexity index is 870. The van der Waals surface area contributed by atoms with Crippen LogP contribution in [0.4, 0.5) is 0 Å². The number of carbonyl (C=O) groups excluding carboxylic acids is 1. The minimum atomic E-state index is 0.0345. The second-order valence-corrected chi connectivity index (χ2v) is 8.12. The molecule has 1 fully saturated rings. The first kappa shape index (κ1) is 19.8. The monoisotopic (exact) mass is 394 g/mol. The van der Waals surface area contributed by atoms with E-state index in [1.54, 1.807) is 6.92 Å². The molecular formula is C23H30N4O2. The number of carbonyl (C=O) groups is 1. The summed E-state index contributed by atoms with van der Waals surface area (Å²) in [7, 11) is 0. The minimum absolute atomic E-state index is 0.0345. The molecule has 0 radical (unpaired) electrons. The standard InChI is InChI=1S/C23H30N4O2/c1-17-6-5-7-20(14-17)29-13-12-26-11-9-21-19(16-26)15-24-23(25-21)22-8-3-4-10-27(22)18(2)28/h5-7,14-15,22H,3-4,8-13,16H2,1-2H3/t22-/m1/s1. The minimum Gasteiger partial charge on any atom is -0.492 e. The second kappa shape index (κ2) is 8.91. The van der Waals surface area contributed by atoms with Crippen molar-refractivity contribution in [1.29, 1.82) is 0 Å². The first-order valence-corrected chi connectivity index (χ1v) is 10.6. The summed E-state index contributed by atoms with van der Waals surface area (Å²) in [4.78, 5) is 25.8. The number of ether oxygens (including phenoxy) is 1. The second-order valence-electron chi connectivity index (χ2n) is 8.12. The molecule has 0 spiro atoms. The molecule has 3 heterocycles. The Balaban J connectivity index is 1.36. The highest BCUT2D eigenvalue weighted by atomic mass is 16.5. The van der Waals surface area contributed by atoms with Crippen molar-refractivity contribution in [2.24, 2.45) is 0 Å². The van der Waals surface area contributed by atoms with E-state index in [2.05, 4.69) is 28.9 Å². The Kier molecular flexibility index (Phi) is 6.09. The van der Waals surface area contributed by atoms with E-state index in [1.807, 2.05) is 23.2 Å². The summed E-state index contributed by atoms with van der Waals surface area (Å²) in [5, 5.41) is 0. The molecule has 0 unspecified atom stereocenters. The number of rotatable bonds is 5. The highest BCUT2D eigenvalue weighted by Gasteiger charge is 2.29. The van der Waals surface area contributed by atoms with Crippen LogP contribution in [0.15, 0.2) is 30.5 Å². The summed E-state index contributed by atoms with van der Waals surface area (Å²) in [5.74, 6) is 1.86. The number of hydrogen-bond acceptors (Lipinski definition) is 5. The van der Waals surface area contributed by atoms with E-state index in [4.69, 9.17) is 9.72 Å². The lowest BCUT2D eigenvalue weighted by atomic mass is 10.0. The van der Waals surface area contributed by atoms with Gasteiger partial charge in [0.25, 0.3) is 0 Å². The molecular weight excluding hydrogens is 364 g/mol. The number of amides is 1. The highest BCUT2D eigenvalue weighted by molar-refractivity contribution is 5.73. The normalized spacial score (nSPS) is 19.7. The molecule has 0 aliphatic carbocycles. The molecule has 1 aromatic heterocycles. The molecule has 2 aliphatic heterocycles. The van der Waals surface area contributed by atoms with Crippen LogP contribution in [-0.4, -0.2) is 51.9 Å². The Labute approximate surface area is 172 Å². The number of piperidine rings is 1. The van der Waals surface area contributed by atoms with E-state index >= 15 is 0 Å². The number of fused-ring (bicyclic) bond motifs is 1. The van der Waals surface area contributed by atoms with Crippen molar-refractivity contribution < 1.29 is 9.53 Å². The van der Waals surface area contributed by atoms with Crippen LogP contribution < -0.4 is 4.74 Å². The van der Waals surface area contributed by atoms with Gasteiger partial charge in [-0.2, -0.15) is 0 Å². The molecule has 2 aliphatic rings. The Morgan fingerprint density at radius 3 is 3.00 bits per heavy atom. The molecule has 4 rings (SSSR count). The summed E-state index contributed by atoms with van der Waals surface area (Å²) >= 11 is 0. The Morgan fingerprint density at radius 1 is 1.28 bits per heavy atom. The number of aryl methyl sites for hydroxylation is 1. The third-order valence-corrected chi connectivity index (χ3v) is 5.90. The predicted octanol–water partition coefficient (Wildman–Crippen LogP) is 3.30. The zero-order chi connectivity index (χ0) is 20.2. The van der Waals surface area contributed by atoms with Crippen LogP contribution in [0.1, 0.15) is 54.9 Å². The largest absolute Gasteiger partial charge is 0.492 e. The van der Waals surface area contributed by atoms with Gasteiger partial charge < -0.3 is 9.64 Å². The van der Waals surface area contributed by atoms with Crippen molar-refractivity contribution in [1.82, 2.24) is 19.8 Å². The van der Waals surface area contributed by atoms with Gasteiger partial charge in [-0.1, -0.05) is 12.1 Å². The van der Waals surface area contributed by atoms with Crippen LogP contribution in [-0.2, 0) is 17.8 Å². The lowest BCUT2D eigenvalue weighted by molar-refractivity contribution is -0.132. The van der Waals surface area contributed by atoms with E-state index in [9.17, 15) is 4.79 Å². The van der Waals surface area contributed by atoms with Gasteiger partial charge in [-0.15, -0.1) is 0 Å². The van der Waals surface area contributed by atoms with Gasteiger partial charge in [0, 0.05) is 57.0 Å². The molecule has 1 atom stereocenters. The maximum atomic E-state index is 12.0. The fourth-order valence-corrected chi connectivity index (χ4v) is 4.32. The number of aromatic nitrogens is 2. The van der Waals surface area contributed by atoms with Gasteiger partial charge in [-0.25, -0.2) is 9.97 Å². The fourth-order valence-electron chi connectivity index (χ4n) is 4.32. The molecule has 0 saturated carbocycles. The predicted molar refractivity (Wildman–Crippen MR) is 112 cm³/mol. The maximum absolute atomic E-state index is 12.0. The van der Waals surface area contributed by atoms with Crippen LogP contribution in [0.2, 0.25) is 0 Å². The quantitative estimate of drug-likeness (QED) is 0.779. The summed E-state index contributed by atoms with van der Waals surface area (Å²) < 4.78 is 5.90.